The van der Waals surface area contributed by atoms with Crippen molar-refractivity contribution in [3.8, 4) is 5.88 Å². The molecule has 7 unspecified atom stereocenters. The van der Waals surface area contributed by atoms with E-state index in [1.165, 1.54) is 6.92 Å². The first-order chi connectivity index (χ1) is 24.0. The zero-order valence-corrected chi connectivity index (χ0v) is 31.0. The third kappa shape index (κ3) is 8.66. The summed E-state index contributed by atoms with van der Waals surface area (Å²) in [5.41, 5.74) is -3.70. The van der Waals surface area contributed by atoms with Crippen LogP contribution in [0.4, 0.5) is 18.0 Å². The minimum atomic E-state index is -4.81. The molecule has 2 aliphatic carbocycles. The maximum Gasteiger partial charge on any atom is 0.421 e. The number of nitrogens with zero attached hydrogens (tertiary/aromatic N) is 2. The lowest BCUT2D eigenvalue weighted by Crippen LogP contribution is -2.59. The quantitative estimate of drug-likeness (QED) is 0.360. The Morgan fingerprint density at radius 2 is 1.81 bits per heavy atom. The summed E-state index contributed by atoms with van der Waals surface area (Å²) < 4.78 is 79.9. The molecule has 3 heterocycles. The molecule has 17 heteroatoms. The first kappa shape index (κ1) is 39.3. The normalized spacial score (nSPS) is 30.8. The molecule has 1 aromatic heterocycles. The summed E-state index contributed by atoms with van der Waals surface area (Å²) in [4.78, 5) is 60.5. The van der Waals surface area contributed by atoms with E-state index in [0.29, 0.717) is 32.1 Å². The molecular weight excluding hydrogens is 707 g/mol. The Balaban J connectivity index is 1.51. The van der Waals surface area contributed by atoms with Gasteiger partial charge < -0.3 is 25.0 Å². The van der Waals surface area contributed by atoms with E-state index >= 15 is 0 Å². The number of alkyl carbamates (subject to hydrolysis) is 1. The number of fused-ring (bicyclic) bond motifs is 2. The summed E-state index contributed by atoms with van der Waals surface area (Å²) >= 11 is 0. The number of carbonyl (C=O) groups excluding carboxylic acids is 4. The van der Waals surface area contributed by atoms with Gasteiger partial charge in [0.2, 0.25) is 27.7 Å². The van der Waals surface area contributed by atoms with Crippen LogP contribution in [0.15, 0.2) is 30.5 Å². The van der Waals surface area contributed by atoms with Gasteiger partial charge in [-0.3, -0.25) is 19.1 Å². The van der Waals surface area contributed by atoms with Crippen LogP contribution in [0.25, 0.3) is 0 Å². The third-order valence-electron chi connectivity index (χ3n) is 10.3. The zero-order chi connectivity index (χ0) is 38.4. The summed E-state index contributed by atoms with van der Waals surface area (Å²) in [6.07, 6.45) is 0.277. The first-order valence-corrected chi connectivity index (χ1v) is 19.1. The van der Waals surface area contributed by atoms with Crippen LogP contribution in [0.5, 0.6) is 5.88 Å². The second-order valence-electron chi connectivity index (χ2n) is 15.9. The van der Waals surface area contributed by atoms with E-state index in [-0.39, 0.29) is 25.3 Å². The van der Waals surface area contributed by atoms with Gasteiger partial charge in [-0.25, -0.2) is 18.2 Å². The van der Waals surface area contributed by atoms with Crippen molar-refractivity contribution in [3.63, 3.8) is 0 Å². The Labute approximate surface area is 301 Å². The Morgan fingerprint density at radius 3 is 2.44 bits per heavy atom. The molecule has 2 saturated carbocycles. The maximum atomic E-state index is 14.5. The van der Waals surface area contributed by atoms with Crippen LogP contribution in [-0.4, -0.2) is 82.7 Å². The fourth-order valence-electron chi connectivity index (χ4n) is 6.89. The molecule has 13 nitrogen and oxygen atoms in total. The molecule has 0 spiro atoms. The number of nitrogens with one attached hydrogen (secondary N) is 3. The van der Waals surface area contributed by atoms with E-state index in [1.807, 2.05) is 13.0 Å². The number of allylic oxidation sites excluding steroid dienone is 1. The van der Waals surface area contributed by atoms with Gasteiger partial charge in [-0.05, 0) is 90.2 Å². The Hall–Kier alpha value is -3.89. The highest BCUT2D eigenvalue weighted by Gasteiger charge is 2.63. The molecule has 1 saturated heterocycles. The second-order valence-corrected chi connectivity index (χ2v) is 18.1. The van der Waals surface area contributed by atoms with Crippen LogP contribution in [0, 0.1) is 17.8 Å². The Kier molecular flexibility index (Phi) is 10.7. The van der Waals surface area contributed by atoms with E-state index in [2.05, 4.69) is 20.3 Å². The minimum Gasteiger partial charge on any atom is -0.472 e. The third-order valence-corrected chi connectivity index (χ3v) is 12.4. The highest BCUT2D eigenvalue weighted by molar-refractivity contribution is 7.91. The number of hydrogen-bond acceptors (Lipinski definition) is 9. The summed E-state index contributed by atoms with van der Waals surface area (Å²) in [7, 11) is -4.07. The lowest BCUT2D eigenvalue weighted by atomic mass is 9.88. The van der Waals surface area contributed by atoms with Crippen LogP contribution in [-0.2, 0) is 35.3 Å². The van der Waals surface area contributed by atoms with Crippen molar-refractivity contribution in [2.75, 3.05) is 6.54 Å². The van der Waals surface area contributed by atoms with Gasteiger partial charge in [0.1, 0.15) is 34.9 Å². The van der Waals surface area contributed by atoms with Gasteiger partial charge in [0.15, 0.2) is 0 Å². The molecule has 0 bridgehead atoms. The molecular formula is C35H48F3N5O8S. The molecule has 1 aromatic rings. The van der Waals surface area contributed by atoms with Crippen molar-refractivity contribution in [1.29, 1.82) is 0 Å². The molecule has 2 aliphatic heterocycles. The van der Waals surface area contributed by atoms with E-state index in [1.54, 1.807) is 33.8 Å². The van der Waals surface area contributed by atoms with Crippen molar-refractivity contribution in [3.05, 3.63) is 36.0 Å². The van der Waals surface area contributed by atoms with Crippen LogP contribution in [0.3, 0.4) is 0 Å². The minimum absolute atomic E-state index is 0.0624. The smallest absolute Gasteiger partial charge is 0.421 e. The molecule has 0 aromatic carbocycles. The van der Waals surface area contributed by atoms with Crippen molar-refractivity contribution in [2.45, 2.75) is 127 Å². The average molecular weight is 756 g/mol. The predicted octanol–water partition coefficient (Wildman–Crippen LogP) is 4.23. The molecule has 52 heavy (non-hydrogen) atoms. The van der Waals surface area contributed by atoms with Crippen molar-refractivity contribution in [2.24, 2.45) is 17.8 Å². The number of hydrogen-bond donors (Lipinski definition) is 3. The largest absolute Gasteiger partial charge is 0.472 e. The van der Waals surface area contributed by atoms with Crippen molar-refractivity contribution < 1.29 is 50.2 Å². The fourth-order valence-corrected chi connectivity index (χ4v) is 8.20. The number of rotatable bonds is 6. The summed E-state index contributed by atoms with van der Waals surface area (Å²) in [6, 6.07) is -0.671. The average Bonchev–Trinajstić information content (AvgIpc) is 3.90. The monoisotopic (exact) mass is 755 g/mol. The number of amides is 4. The number of aromatic nitrogens is 1. The Bertz CT molecular complexity index is 1710. The Morgan fingerprint density at radius 1 is 1.12 bits per heavy atom. The molecule has 0 radical (unpaired) electrons. The highest BCUT2D eigenvalue weighted by Crippen LogP contribution is 2.47. The molecule has 3 N–H and O–H groups in total. The van der Waals surface area contributed by atoms with Crippen LogP contribution < -0.4 is 20.1 Å². The highest BCUT2D eigenvalue weighted by atomic mass is 32.2. The van der Waals surface area contributed by atoms with Gasteiger partial charge in [-0.2, -0.15) is 13.2 Å². The number of pyridine rings is 1. The standard InChI is InChI=1S/C35H48F3N5O8S/c1-20-10-7-8-11-22-18-34(22,30(46)42-52(48,49)33(6)13-14-33)41-27(44)25-17-23(50-28-24(35(36,37)38)12-9-15-39-28)19-43(25)29(45)26(21(2)16-20)40-31(47)51-32(3,4)5/h8-9,11-12,15,20-23,25-26H,7,10,13-14,16-19H2,1-6H3,(H,40,47)(H,41,44)(H,42,46). The number of alkyl halides is 3. The van der Waals surface area contributed by atoms with E-state index < -0.39 is 97.4 Å². The number of ether oxygens (including phenoxy) is 2. The summed E-state index contributed by atoms with van der Waals surface area (Å²) in [5, 5.41) is 5.39. The lowest BCUT2D eigenvalue weighted by Gasteiger charge is -2.33. The van der Waals surface area contributed by atoms with Crippen LogP contribution >= 0.6 is 0 Å². The summed E-state index contributed by atoms with van der Waals surface area (Å²) in [5.74, 6) is -4.14. The zero-order valence-electron chi connectivity index (χ0n) is 30.2. The van der Waals surface area contributed by atoms with Gasteiger partial charge >= 0.3 is 12.3 Å². The van der Waals surface area contributed by atoms with Gasteiger partial charge in [0.25, 0.3) is 5.91 Å². The SMILES string of the molecule is CC1CCC=CC2CC2(C(=O)NS(=O)(=O)C2(C)CC2)NC(=O)C2CC(Oc3ncccc3C(F)(F)F)CN2C(=O)C(NC(=O)OC(C)(C)C)C(C)C1. The molecule has 5 rings (SSSR count). The summed E-state index contributed by atoms with van der Waals surface area (Å²) in [6.45, 7) is 9.93. The second kappa shape index (κ2) is 14.2. The van der Waals surface area contributed by atoms with Gasteiger partial charge in [0, 0.05) is 18.5 Å². The van der Waals surface area contributed by atoms with Crippen LogP contribution in [0.1, 0.15) is 92.1 Å². The molecule has 288 valence electrons. The molecule has 7 atom stereocenters. The predicted molar refractivity (Wildman–Crippen MR) is 182 cm³/mol. The van der Waals surface area contributed by atoms with Crippen LogP contribution in [0.2, 0.25) is 0 Å². The van der Waals surface area contributed by atoms with Gasteiger partial charge in [-0.15, -0.1) is 0 Å². The number of halogens is 3. The molecule has 4 aliphatic rings. The van der Waals surface area contributed by atoms with Crippen molar-refractivity contribution >= 4 is 33.8 Å². The van der Waals surface area contributed by atoms with Crippen molar-refractivity contribution in [1.82, 2.24) is 25.2 Å². The van der Waals surface area contributed by atoms with Gasteiger partial charge in [-0.1, -0.05) is 26.0 Å². The number of carbonyl (C=O) groups is 4. The van der Waals surface area contributed by atoms with Gasteiger partial charge in [0.05, 0.1) is 11.3 Å². The van der Waals surface area contributed by atoms with E-state index in [4.69, 9.17) is 9.47 Å². The van der Waals surface area contributed by atoms with E-state index in [0.717, 1.165) is 23.2 Å². The first-order valence-electron chi connectivity index (χ1n) is 17.6. The van der Waals surface area contributed by atoms with E-state index in [9.17, 15) is 40.8 Å². The molecule has 3 fully saturated rings. The lowest BCUT2D eigenvalue weighted by molar-refractivity contribution is -0.142. The maximum absolute atomic E-state index is 14.5. The molecule has 4 amide bonds. The fraction of sp³-hybridized carbons (Fsp3) is 0.686. The number of sulfonamides is 1. The topological polar surface area (TPSA) is 173 Å².